The predicted molar refractivity (Wildman–Crippen MR) is 52.5 cm³/mol. The zero-order chi connectivity index (χ0) is 8.27. The summed E-state index contributed by atoms with van der Waals surface area (Å²) >= 11 is 5.16. The van der Waals surface area contributed by atoms with Gasteiger partial charge in [-0.15, -0.1) is 11.8 Å². The third-order valence-electron chi connectivity index (χ3n) is 1.36. The van der Waals surface area contributed by atoms with Crippen LogP contribution >= 0.6 is 27.7 Å². The van der Waals surface area contributed by atoms with Gasteiger partial charge in [0.2, 0.25) is 0 Å². The highest BCUT2D eigenvalue weighted by Crippen LogP contribution is 2.28. The topological polar surface area (TPSA) is 9.23 Å². The number of methoxy groups -OCH3 is 1. The van der Waals surface area contributed by atoms with Crippen molar-refractivity contribution in [3.63, 3.8) is 0 Å². The first-order chi connectivity index (χ1) is 5.27. The van der Waals surface area contributed by atoms with E-state index in [2.05, 4.69) is 15.9 Å². The van der Waals surface area contributed by atoms with Crippen molar-refractivity contribution in [1.29, 1.82) is 0 Å². The lowest BCUT2D eigenvalue weighted by Crippen LogP contribution is -1.82. The Balaban J connectivity index is 2.99. The Kier molecular flexibility index (Phi) is 3.27. The fourth-order valence-electron chi connectivity index (χ4n) is 0.774. The molecule has 0 aliphatic heterocycles. The fourth-order valence-corrected chi connectivity index (χ4v) is 2.08. The molecule has 0 N–H and O–H groups in total. The molecule has 60 valence electrons. The van der Waals surface area contributed by atoms with Crippen LogP contribution in [0.15, 0.2) is 27.6 Å². The summed E-state index contributed by atoms with van der Waals surface area (Å²) in [6.07, 6.45) is 2.05. The van der Waals surface area contributed by atoms with Crippen molar-refractivity contribution >= 4 is 27.7 Å². The maximum absolute atomic E-state index is 5.06. The van der Waals surface area contributed by atoms with Gasteiger partial charge in [0.1, 0.15) is 5.75 Å². The summed E-state index contributed by atoms with van der Waals surface area (Å²) in [6.45, 7) is 0. The molecule has 11 heavy (non-hydrogen) atoms. The van der Waals surface area contributed by atoms with E-state index in [4.69, 9.17) is 4.74 Å². The van der Waals surface area contributed by atoms with E-state index in [0.29, 0.717) is 0 Å². The van der Waals surface area contributed by atoms with Gasteiger partial charge in [0, 0.05) is 9.37 Å². The molecular weight excluding hydrogens is 224 g/mol. The summed E-state index contributed by atoms with van der Waals surface area (Å²) in [5.41, 5.74) is 0. The molecule has 1 aromatic rings. The Bertz CT molecular complexity index is 250. The van der Waals surface area contributed by atoms with E-state index in [1.807, 2.05) is 24.5 Å². The van der Waals surface area contributed by atoms with E-state index in [-0.39, 0.29) is 0 Å². The largest absolute Gasteiger partial charge is 0.497 e. The van der Waals surface area contributed by atoms with Gasteiger partial charge < -0.3 is 4.74 Å². The molecule has 0 spiro atoms. The van der Waals surface area contributed by atoms with Crippen molar-refractivity contribution in [1.82, 2.24) is 0 Å². The predicted octanol–water partition coefficient (Wildman–Crippen LogP) is 3.18. The maximum atomic E-state index is 5.06. The molecular formula is C8H9BrOS. The second kappa shape index (κ2) is 4.02. The minimum absolute atomic E-state index is 0.884. The van der Waals surface area contributed by atoms with Crippen molar-refractivity contribution < 1.29 is 4.74 Å². The normalized spacial score (nSPS) is 9.73. The van der Waals surface area contributed by atoms with Gasteiger partial charge in [-0.3, -0.25) is 0 Å². The van der Waals surface area contributed by atoms with Crippen LogP contribution in [0.25, 0.3) is 0 Å². The Hall–Kier alpha value is -0.150. The SMILES string of the molecule is COc1ccc(SC)c(Br)c1. The molecule has 0 fully saturated rings. The van der Waals surface area contributed by atoms with Crippen LogP contribution in [0.4, 0.5) is 0 Å². The van der Waals surface area contributed by atoms with Gasteiger partial charge in [-0.05, 0) is 40.4 Å². The smallest absolute Gasteiger partial charge is 0.120 e. The Morgan fingerprint density at radius 2 is 2.18 bits per heavy atom. The van der Waals surface area contributed by atoms with Crippen molar-refractivity contribution in [2.75, 3.05) is 13.4 Å². The van der Waals surface area contributed by atoms with Gasteiger partial charge >= 0.3 is 0 Å². The molecule has 3 heteroatoms. The lowest BCUT2D eigenvalue weighted by Gasteiger charge is -2.03. The molecule has 0 heterocycles. The summed E-state index contributed by atoms with van der Waals surface area (Å²) in [4.78, 5) is 1.23. The van der Waals surface area contributed by atoms with E-state index < -0.39 is 0 Å². The van der Waals surface area contributed by atoms with Crippen LogP contribution in [0, 0.1) is 0 Å². The first-order valence-corrected chi connectivity index (χ1v) is 5.17. The third kappa shape index (κ3) is 2.14. The first kappa shape index (κ1) is 8.94. The van der Waals surface area contributed by atoms with Crippen LogP contribution in [-0.2, 0) is 0 Å². The van der Waals surface area contributed by atoms with Gasteiger partial charge in [0.15, 0.2) is 0 Å². The summed E-state index contributed by atoms with van der Waals surface area (Å²) in [5, 5.41) is 0. The summed E-state index contributed by atoms with van der Waals surface area (Å²) in [7, 11) is 1.67. The van der Waals surface area contributed by atoms with E-state index in [9.17, 15) is 0 Å². The number of hydrogen-bond acceptors (Lipinski definition) is 2. The van der Waals surface area contributed by atoms with E-state index in [0.717, 1.165) is 10.2 Å². The zero-order valence-corrected chi connectivity index (χ0v) is 8.83. The highest BCUT2D eigenvalue weighted by atomic mass is 79.9. The molecule has 1 aromatic carbocycles. The quantitative estimate of drug-likeness (QED) is 0.725. The Labute approximate surface area is 79.3 Å². The minimum atomic E-state index is 0.884. The average Bonchev–Trinajstić information content (AvgIpc) is 2.04. The molecule has 0 saturated heterocycles. The molecule has 1 rings (SSSR count). The molecule has 0 aromatic heterocycles. The average molecular weight is 233 g/mol. The van der Waals surface area contributed by atoms with Gasteiger partial charge in [0.05, 0.1) is 7.11 Å². The van der Waals surface area contributed by atoms with Crippen LogP contribution in [0.3, 0.4) is 0 Å². The van der Waals surface area contributed by atoms with Crippen LogP contribution in [0.5, 0.6) is 5.75 Å². The highest BCUT2D eigenvalue weighted by Gasteiger charge is 1.98. The van der Waals surface area contributed by atoms with Crippen molar-refractivity contribution in [2.24, 2.45) is 0 Å². The molecule has 0 unspecified atom stereocenters. The monoisotopic (exact) mass is 232 g/mol. The minimum Gasteiger partial charge on any atom is -0.497 e. The van der Waals surface area contributed by atoms with E-state index in [1.54, 1.807) is 18.9 Å². The third-order valence-corrected chi connectivity index (χ3v) is 3.07. The van der Waals surface area contributed by atoms with Crippen molar-refractivity contribution in [2.45, 2.75) is 4.90 Å². The second-order valence-corrected chi connectivity index (χ2v) is 3.70. The Morgan fingerprint density at radius 3 is 2.64 bits per heavy atom. The molecule has 1 nitrogen and oxygen atoms in total. The van der Waals surface area contributed by atoms with Crippen molar-refractivity contribution in [3.05, 3.63) is 22.7 Å². The number of thioether (sulfide) groups is 1. The fraction of sp³-hybridized carbons (Fsp3) is 0.250. The van der Waals surface area contributed by atoms with E-state index >= 15 is 0 Å². The molecule has 0 saturated carbocycles. The van der Waals surface area contributed by atoms with Crippen LogP contribution < -0.4 is 4.74 Å². The standard InChI is InChI=1S/C8H9BrOS/c1-10-6-3-4-8(11-2)7(9)5-6/h3-5H,1-2H3. The number of halogens is 1. The summed E-state index contributed by atoms with van der Waals surface area (Å²) in [6, 6.07) is 5.95. The van der Waals surface area contributed by atoms with E-state index in [1.165, 1.54) is 4.90 Å². The van der Waals surface area contributed by atoms with Gasteiger partial charge in [-0.1, -0.05) is 0 Å². The summed E-state index contributed by atoms with van der Waals surface area (Å²) < 4.78 is 6.14. The van der Waals surface area contributed by atoms with Gasteiger partial charge in [-0.2, -0.15) is 0 Å². The maximum Gasteiger partial charge on any atom is 0.120 e. The van der Waals surface area contributed by atoms with Crippen LogP contribution in [0.2, 0.25) is 0 Å². The first-order valence-electron chi connectivity index (χ1n) is 3.15. The number of ether oxygens (including phenoxy) is 1. The lowest BCUT2D eigenvalue weighted by molar-refractivity contribution is 0.414. The highest BCUT2D eigenvalue weighted by molar-refractivity contribution is 9.10. The molecule has 0 bridgehead atoms. The zero-order valence-electron chi connectivity index (χ0n) is 6.43. The van der Waals surface area contributed by atoms with Gasteiger partial charge in [-0.25, -0.2) is 0 Å². The Morgan fingerprint density at radius 1 is 1.45 bits per heavy atom. The molecule has 0 atom stereocenters. The molecule has 0 aliphatic rings. The van der Waals surface area contributed by atoms with Gasteiger partial charge in [0.25, 0.3) is 0 Å². The molecule has 0 amide bonds. The van der Waals surface area contributed by atoms with Crippen LogP contribution in [0.1, 0.15) is 0 Å². The van der Waals surface area contributed by atoms with Crippen LogP contribution in [-0.4, -0.2) is 13.4 Å². The number of hydrogen-bond donors (Lipinski definition) is 0. The lowest BCUT2D eigenvalue weighted by atomic mass is 10.3. The number of benzene rings is 1. The van der Waals surface area contributed by atoms with Crippen molar-refractivity contribution in [3.8, 4) is 5.75 Å². The second-order valence-electron chi connectivity index (χ2n) is 2.00. The number of rotatable bonds is 2. The molecule has 0 radical (unpaired) electrons. The molecule has 0 aliphatic carbocycles. The summed E-state index contributed by atoms with van der Waals surface area (Å²) in [5.74, 6) is 0.884.